The van der Waals surface area contributed by atoms with Crippen LogP contribution in [0, 0.1) is 5.92 Å². The van der Waals surface area contributed by atoms with Gasteiger partial charge >= 0.3 is 6.03 Å². The molecule has 4 heteroatoms. The fourth-order valence-electron chi connectivity index (χ4n) is 3.13. The Morgan fingerprint density at radius 1 is 1.32 bits per heavy atom. The van der Waals surface area contributed by atoms with Crippen LogP contribution in [0.2, 0.25) is 0 Å². The van der Waals surface area contributed by atoms with Crippen molar-refractivity contribution in [3.8, 4) is 0 Å². The van der Waals surface area contributed by atoms with E-state index < -0.39 is 0 Å². The van der Waals surface area contributed by atoms with Crippen molar-refractivity contribution in [3.05, 3.63) is 35.9 Å². The number of hydrogen-bond donors (Lipinski definition) is 2. The van der Waals surface area contributed by atoms with E-state index in [1.54, 1.807) is 0 Å². The number of aliphatic hydroxyl groups is 1. The van der Waals surface area contributed by atoms with Crippen molar-refractivity contribution in [2.75, 3.05) is 19.6 Å². The number of rotatable bonds is 5. The summed E-state index contributed by atoms with van der Waals surface area (Å²) >= 11 is 0. The quantitative estimate of drug-likeness (QED) is 0.878. The topological polar surface area (TPSA) is 52.6 Å². The highest BCUT2D eigenvalue weighted by molar-refractivity contribution is 5.74. The number of nitrogens with one attached hydrogen (secondary N) is 1. The molecule has 0 spiro atoms. The van der Waals surface area contributed by atoms with Gasteiger partial charge in [0.15, 0.2) is 0 Å². The predicted molar refractivity (Wildman–Crippen MR) is 88.9 cm³/mol. The molecule has 2 unspecified atom stereocenters. The summed E-state index contributed by atoms with van der Waals surface area (Å²) in [4.78, 5) is 14.2. The molecule has 1 aliphatic heterocycles. The van der Waals surface area contributed by atoms with Crippen LogP contribution in [0.5, 0.6) is 0 Å². The van der Waals surface area contributed by atoms with Gasteiger partial charge in [-0.15, -0.1) is 0 Å². The average Bonchev–Trinajstić information content (AvgIpc) is 2.56. The molecule has 2 amide bonds. The molecule has 0 bridgehead atoms. The second kappa shape index (κ2) is 8.18. The van der Waals surface area contributed by atoms with Gasteiger partial charge in [0.2, 0.25) is 0 Å². The molecule has 122 valence electrons. The first-order valence-corrected chi connectivity index (χ1v) is 8.37. The van der Waals surface area contributed by atoms with Crippen LogP contribution in [0.1, 0.15) is 44.6 Å². The Bertz CT molecular complexity index is 453. The summed E-state index contributed by atoms with van der Waals surface area (Å²) in [6, 6.07) is 10.4. The maximum atomic E-state index is 12.3. The van der Waals surface area contributed by atoms with Crippen LogP contribution in [0.25, 0.3) is 0 Å². The SMILES string of the molecule is CCC(CNC(=O)N1CCC(C(C)O)CC1)c1ccccc1. The molecule has 0 aliphatic carbocycles. The summed E-state index contributed by atoms with van der Waals surface area (Å²) in [5.74, 6) is 0.692. The summed E-state index contributed by atoms with van der Waals surface area (Å²) in [7, 11) is 0. The molecule has 2 rings (SSSR count). The van der Waals surface area contributed by atoms with Gasteiger partial charge in [-0.2, -0.15) is 0 Å². The number of amides is 2. The summed E-state index contributed by atoms with van der Waals surface area (Å²) in [6.45, 7) is 6.15. The Morgan fingerprint density at radius 2 is 1.95 bits per heavy atom. The predicted octanol–water partition coefficient (Wildman–Crippen LogP) is 2.98. The van der Waals surface area contributed by atoms with Crippen LogP contribution < -0.4 is 5.32 Å². The molecule has 0 aromatic heterocycles. The van der Waals surface area contributed by atoms with E-state index in [-0.39, 0.29) is 12.1 Å². The monoisotopic (exact) mass is 304 g/mol. The first-order valence-electron chi connectivity index (χ1n) is 8.37. The van der Waals surface area contributed by atoms with Crippen molar-refractivity contribution in [1.82, 2.24) is 10.2 Å². The van der Waals surface area contributed by atoms with Crippen LogP contribution >= 0.6 is 0 Å². The number of urea groups is 1. The second-order valence-corrected chi connectivity index (χ2v) is 6.27. The molecule has 4 nitrogen and oxygen atoms in total. The largest absolute Gasteiger partial charge is 0.393 e. The number of hydrogen-bond acceptors (Lipinski definition) is 2. The van der Waals surface area contributed by atoms with E-state index in [0.717, 1.165) is 32.4 Å². The Morgan fingerprint density at radius 3 is 2.50 bits per heavy atom. The Balaban J connectivity index is 1.80. The lowest BCUT2D eigenvalue weighted by atomic mass is 9.92. The summed E-state index contributed by atoms with van der Waals surface area (Å²) < 4.78 is 0. The lowest BCUT2D eigenvalue weighted by Gasteiger charge is -2.33. The highest BCUT2D eigenvalue weighted by Crippen LogP contribution is 2.21. The molecular weight excluding hydrogens is 276 g/mol. The molecule has 1 aliphatic rings. The minimum atomic E-state index is -0.271. The van der Waals surface area contributed by atoms with Gasteiger partial charge in [-0.3, -0.25) is 0 Å². The molecule has 0 radical (unpaired) electrons. The normalized spacial score (nSPS) is 18.8. The number of benzene rings is 1. The average molecular weight is 304 g/mol. The van der Waals surface area contributed by atoms with Crippen molar-refractivity contribution >= 4 is 6.03 Å². The molecule has 0 saturated carbocycles. The minimum Gasteiger partial charge on any atom is -0.393 e. The Hall–Kier alpha value is -1.55. The van der Waals surface area contributed by atoms with E-state index >= 15 is 0 Å². The molecule has 2 N–H and O–H groups in total. The maximum Gasteiger partial charge on any atom is 0.317 e. The zero-order valence-electron chi connectivity index (χ0n) is 13.7. The molecule has 1 saturated heterocycles. The fourth-order valence-corrected chi connectivity index (χ4v) is 3.13. The summed E-state index contributed by atoms with van der Waals surface area (Å²) in [5, 5.41) is 12.7. The number of carbonyl (C=O) groups excluding carboxylic acids is 1. The third kappa shape index (κ3) is 4.47. The van der Waals surface area contributed by atoms with E-state index in [2.05, 4.69) is 24.4 Å². The summed E-state index contributed by atoms with van der Waals surface area (Å²) in [6.07, 6.45) is 2.52. The van der Waals surface area contributed by atoms with Gasteiger partial charge in [-0.05, 0) is 37.7 Å². The minimum absolute atomic E-state index is 0.0263. The third-order valence-electron chi connectivity index (χ3n) is 4.77. The summed E-state index contributed by atoms with van der Waals surface area (Å²) in [5.41, 5.74) is 1.28. The van der Waals surface area contributed by atoms with Gasteiger partial charge in [0, 0.05) is 25.6 Å². The second-order valence-electron chi connectivity index (χ2n) is 6.27. The Kier molecular flexibility index (Phi) is 6.25. The maximum absolute atomic E-state index is 12.3. The lowest BCUT2D eigenvalue weighted by Crippen LogP contribution is -2.46. The van der Waals surface area contributed by atoms with Crippen molar-refractivity contribution in [3.63, 3.8) is 0 Å². The molecule has 1 aromatic carbocycles. The van der Waals surface area contributed by atoms with Crippen LogP contribution in [-0.2, 0) is 0 Å². The lowest BCUT2D eigenvalue weighted by molar-refractivity contribution is 0.0798. The molecular formula is C18H28N2O2. The van der Waals surface area contributed by atoms with Crippen molar-refractivity contribution in [1.29, 1.82) is 0 Å². The zero-order valence-corrected chi connectivity index (χ0v) is 13.7. The first-order chi connectivity index (χ1) is 10.6. The Labute approximate surface area is 133 Å². The molecule has 1 fully saturated rings. The number of aliphatic hydroxyl groups excluding tert-OH is 1. The van der Waals surface area contributed by atoms with Crippen LogP contribution in [-0.4, -0.2) is 41.8 Å². The van der Waals surface area contributed by atoms with Gasteiger partial charge in [0.05, 0.1) is 6.10 Å². The molecule has 1 heterocycles. The van der Waals surface area contributed by atoms with Crippen molar-refractivity contribution in [2.45, 2.75) is 45.1 Å². The smallest absolute Gasteiger partial charge is 0.317 e. The molecule has 22 heavy (non-hydrogen) atoms. The van der Waals surface area contributed by atoms with E-state index in [1.807, 2.05) is 30.0 Å². The zero-order chi connectivity index (χ0) is 15.9. The standard InChI is InChI=1S/C18H28N2O2/c1-3-15(17-7-5-4-6-8-17)13-19-18(22)20-11-9-16(10-12-20)14(2)21/h4-8,14-16,21H,3,9-13H2,1-2H3,(H,19,22). The van der Waals surface area contributed by atoms with Gasteiger partial charge < -0.3 is 15.3 Å². The van der Waals surface area contributed by atoms with Gasteiger partial charge in [0.1, 0.15) is 0 Å². The van der Waals surface area contributed by atoms with E-state index in [9.17, 15) is 9.90 Å². The van der Waals surface area contributed by atoms with E-state index in [4.69, 9.17) is 0 Å². The van der Waals surface area contributed by atoms with Crippen LogP contribution in [0.15, 0.2) is 30.3 Å². The highest BCUT2D eigenvalue weighted by atomic mass is 16.3. The van der Waals surface area contributed by atoms with Gasteiger partial charge in [-0.1, -0.05) is 37.3 Å². The van der Waals surface area contributed by atoms with E-state index in [0.29, 0.717) is 18.4 Å². The van der Waals surface area contributed by atoms with Crippen LogP contribution in [0.3, 0.4) is 0 Å². The number of carbonyl (C=O) groups is 1. The number of nitrogens with zero attached hydrogens (tertiary/aromatic N) is 1. The van der Waals surface area contributed by atoms with Gasteiger partial charge in [0.25, 0.3) is 0 Å². The third-order valence-corrected chi connectivity index (χ3v) is 4.77. The fraction of sp³-hybridized carbons (Fsp3) is 0.611. The number of likely N-dealkylation sites (tertiary alicyclic amines) is 1. The number of piperidine rings is 1. The van der Waals surface area contributed by atoms with Gasteiger partial charge in [-0.25, -0.2) is 4.79 Å². The van der Waals surface area contributed by atoms with Crippen molar-refractivity contribution < 1.29 is 9.90 Å². The van der Waals surface area contributed by atoms with Crippen LogP contribution in [0.4, 0.5) is 4.79 Å². The highest BCUT2D eigenvalue weighted by Gasteiger charge is 2.25. The first kappa shape index (κ1) is 16.8. The van der Waals surface area contributed by atoms with E-state index in [1.165, 1.54) is 5.56 Å². The molecule has 1 aromatic rings. The molecule has 2 atom stereocenters. The van der Waals surface area contributed by atoms with Crippen molar-refractivity contribution in [2.24, 2.45) is 5.92 Å².